The van der Waals surface area contributed by atoms with E-state index in [0.29, 0.717) is 0 Å². The molecule has 4 aromatic rings. The molecule has 154 valence electrons. The second kappa shape index (κ2) is 7.09. The van der Waals surface area contributed by atoms with Crippen molar-refractivity contribution in [1.82, 2.24) is 0 Å². The fraction of sp³-hybridized carbons (Fsp3) is 0.286. The summed E-state index contributed by atoms with van der Waals surface area (Å²) < 4.78 is 3.45. The summed E-state index contributed by atoms with van der Waals surface area (Å²) >= 11 is -2.45. The van der Waals surface area contributed by atoms with E-state index in [1.165, 1.54) is 21.5 Å². The monoisotopic (exact) mass is 474 g/mol. The van der Waals surface area contributed by atoms with Gasteiger partial charge in [0, 0.05) is 0 Å². The Bertz CT molecular complexity index is 1070. The van der Waals surface area contributed by atoms with Crippen molar-refractivity contribution in [3.63, 3.8) is 0 Å². The van der Waals surface area contributed by atoms with Crippen LogP contribution in [-0.4, -0.2) is 0 Å². The Morgan fingerprint density at radius 2 is 0.793 bits per heavy atom. The summed E-state index contributed by atoms with van der Waals surface area (Å²) in [5.74, 6) is 0. The number of hydrogen-bond donors (Lipinski definition) is 0. The van der Waals surface area contributed by atoms with E-state index in [1.807, 2.05) is 0 Å². The molecule has 0 N–H and O–H groups in total. The molecule has 4 aromatic carbocycles. The Balaban J connectivity index is 2.25. The second-order valence-corrected chi connectivity index (χ2v) is 17.9. The molecule has 0 aliphatic rings. The van der Waals surface area contributed by atoms with Gasteiger partial charge >= 0.3 is 179 Å². The van der Waals surface area contributed by atoms with Gasteiger partial charge in [0.1, 0.15) is 0 Å². The summed E-state index contributed by atoms with van der Waals surface area (Å²) in [5.41, 5.74) is 0. The fourth-order valence-electron chi connectivity index (χ4n) is 4.57. The first-order chi connectivity index (χ1) is 13.7. The van der Waals surface area contributed by atoms with Gasteiger partial charge in [-0.15, -0.1) is 0 Å². The Labute approximate surface area is 179 Å². The standard InChI is InChI=1S/2C10H7.2C4H9.Pd/c2*1-2-6-10-8-4-3-7-9(10)5-1;2*1-4(2)3;/h2*1-7H;2*1-3H3;. The summed E-state index contributed by atoms with van der Waals surface area (Å²) in [5, 5.41) is 5.53. The third-order valence-electron chi connectivity index (χ3n) is 5.35. The molecular formula is C28H32Pd. The van der Waals surface area contributed by atoms with Crippen LogP contribution in [0.4, 0.5) is 0 Å². The second-order valence-electron chi connectivity index (χ2n) is 9.28. The number of rotatable bonds is 2. The quantitative estimate of drug-likeness (QED) is 0.263. The third kappa shape index (κ3) is 3.07. The molecule has 0 amide bonds. The SMILES string of the molecule is C[C](C)(C)[Pd]([c]1cccc2ccccc12)([c]1cccc2ccccc12)[C](C)(C)C. The molecule has 0 nitrogen and oxygen atoms in total. The van der Waals surface area contributed by atoms with Gasteiger partial charge in [-0.2, -0.15) is 0 Å². The molecule has 0 aliphatic carbocycles. The summed E-state index contributed by atoms with van der Waals surface area (Å²) in [7, 11) is 0. The summed E-state index contributed by atoms with van der Waals surface area (Å²) in [4.78, 5) is 0. The van der Waals surface area contributed by atoms with Gasteiger partial charge in [-0.3, -0.25) is 0 Å². The van der Waals surface area contributed by atoms with Gasteiger partial charge in [-0.1, -0.05) is 0 Å². The normalized spacial score (nSPS) is 13.7. The van der Waals surface area contributed by atoms with E-state index in [0.717, 1.165) is 0 Å². The van der Waals surface area contributed by atoms with Crippen LogP contribution in [0.15, 0.2) is 84.9 Å². The molecule has 0 heterocycles. The molecule has 0 fully saturated rings. The zero-order valence-corrected chi connectivity index (χ0v) is 20.0. The van der Waals surface area contributed by atoms with Crippen molar-refractivity contribution >= 4 is 29.6 Å². The Morgan fingerprint density at radius 3 is 1.17 bits per heavy atom. The van der Waals surface area contributed by atoms with Crippen LogP contribution in [0.1, 0.15) is 41.5 Å². The van der Waals surface area contributed by atoms with Gasteiger partial charge in [0.15, 0.2) is 0 Å². The molecule has 0 spiro atoms. The zero-order chi connectivity index (χ0) is 20.9. The van der Waals surface area contributed by atoms with Crippen LogP contribution in [0, 0.1) is 0 Å². The molecule has 0 radical (unpaired) electrons. The van der Waals surface area contributed by atoms with Crippen LogP contribution in [0.3, 0.4) is 0 Å². The van der Waals surface area contributed by atoms with E-state index in [4.69, 9.17) is 0 Å². The first-order valence-corrected chi connectivity index (χ1v) is 13.4. The summed E-state index contributed by atoms with van der Waals surface area (Å²) in [6.45, 7) is 14.8. The first kappa shape index (κ1) is 20.3. The Morgan fingerprint density at radius 1 is 0.448 bits per heavy atom. The molecule has 0 saturated heterocycles. The zero-order valence-electron chi connectivity index (χ0n) is 18.4. The van der Waals surface area contributed by atoms with Gasteiger partial charge in [0.2, 0.25) is 0 Å². The molecule has 4 rings (SSSR count). The van der Waals surface area contributed by atoms with Crippen molar-refractivity contribution in [2.24, 2.45) is 0 Å². The predicted molar refractivity (Wildman–Crippen MR) is 127 cm³/mol. The summed E-state index contributed by atoms with van der Waals surface area (Å²) in [6, 6.07) is 31.8. The van der Waals surface area contributed by atoms with Crippen LogP contribution in [0.2, 0.25) is 7.78 Å². The minimum atomic E-state index is -2.45. The van der Waals surface area contributed by atoms with E-state index in [-0.39, 0.29) is 7.78 Å². The number of fused-ring (bicyclic) bond motifs is 2. The third-order valence-corrected chi connectivity index (χ3v) is 16.2. The van der Waals surface area contributed by atoms with E-state index in [2.05, 4.69) is 126 Å². The average Bonchev–Trinajstić information content (AvgIpc) is 2.67. The van der Waals surface area contributed by atoms with Crippen molar-refractivity contribution in [1.29, 1.82) is 0 Å². The molecular weight excluding hydrogens is 443 g/mol. The van der Waals surface area contributed by atoms with Gasteiger partial charge in [-0.25, -0.2) is 0 Å². The number of hydrogen-bond acceptors (Lipinski definition) is 0. The topological polar surface area (TPSA) is 0 Å². The van der Waals surface area contributed by atoms with Crippen molar-refractivity contribution in [2.45, 2.75) is 49.3 Å². The van der Waals surface area contributed by atoms with Crippen molar-refractivity contribution in [2.75, 3.05) is 0 Å². The van der Waals surface area contributed by atoms with Crippen molar-refractivity contribution in [3.05, 3.63) is 84.9 Å². The molecule has 0 saturated carbocycles. The van der Waals surface area contributed by atoms with E-state index >= 15 is 0 Å². The van der Waals surface area contributed by atoms with Crippen LogP contribution in [0.25, 0.3) is 21.5 Å². The van der Waals surface area contributed by atoms with Crippen LogP contribution in [-0.2, 0) is 15.5 Å². The molecule has 29 heavy (non-hydrogen) atoms. The molecule has 0 aromatic heterocycles. The Hall–Kier alpha value is -1.94. The first-order valence-electron chi connectivity index (χ1n) is 10.3. The van der Waals surface area contributed by atoms with Gasteiger partial charge in [-0.05, 0) is 0 Å². The average molecular weight is 475 g/mol. The van der Waals surface area contributed by atoms with Crippen molar-refractivity contribution in [3.8, 4) is 0 Å². The molecule has 0 bridgehead atoms. The van der Waals surface area contributed by atoms with Crippen LogP contribution in [0.5, 0.6) is 0 Å². The van der Waals surface area contributed by atoms with Gasteiger partial charge in [0.25, 0.3) is 0 Å². The summed E-state index contributed by atoms with van der Waals surface area (Å²) in [6.07, 6.45) is 0. The van der Waals surface area contributed by atoms with Crippen LogP contribution < -0.4 is 8.07 Å². The van der Waals surface area contributed by atoms with E-state index < -0.39 is 15.5 Å². The maximum absolute atomic E-state index is 2.47. The van der Waals surface area contributed by atoms with Crippen LogP contribution >= 0.6 is 0 Å². The van der Waals surface area contributed by atoms with E-state index in [9.17, 15) is 0 Å². The molecule has 0 atom stereocenters. The van der Waals surface area contributed by atoms with Gasteiger partial charge < -0.3 is 0 Å². The van der Waals surface area contributed by atoms with Crippen molar-refractivity contribution < 1.29 is 15.5 Å². The maximum atomic E-state index is 2.47. The Kier molecular flexibility index (Phi) is 4.97. The van der Waals surface area contributed by atoms with Gasteiger partial charge in [0.05, 0.1) is 0 Å². The predicted octanol–water partition coefficient (Wildman–Crippen LogP) is 7.53. The number of benzene rings is 4. The molecule has 0 aliphatic heterocycles. The molecule has 1 heteroatoms. The van der Waals surface area contributed by atoms with E-state index in [1.54, 1.807) is 8.07 Å². The fourth-order valence-corrected chi connectivity index (χ4v) is 16.6. The molecule has 0 unspecified atom stereocenters. The minimum absolute atomic E-state index is 0.150.